The van der Waals surface area contributed by atoms with Crippen LogP contribution in [0.15, 0.2) is 82.6 Å². The van der Waals surface area contributed by atoms with Crippen LogP contribution in [0.2, 0.25) is 0 Å². The number of nitrogens with zero attached hydrogens (tertiary/aromatic N) is 1. The highest BCUT2D eigenvalue weighted by Gasteiger charge is 2.56. The van der Waals surface area contributed by atoms with Crippen molar-refractivity contribution >= 4 is 52.2 Å². The maximum atomic E-state index is 13.9. The lowest BCUT2D eigenvalue weighted by molar-refractivity contribution is -0.122. The van der Waals surface area contributed by atoms with Crippen molar-refractivity contribution in [3.05, 3.63) is 98.5 Å². The highest BCUT2D eigenvalue weighted by Crippen LogP contribution is 2.53. The molecule has 3 atom stereocenters. The molecular weight excluding hydrogens is 562 g/mol. The fraction of sp³-hybridized carbons (Fsp3) is 0.200. The molecule has 2 aliphatic heterocycles. The predicted octanol–water partition coefficient (Wildman–Crippen LogP) is 4.57. The summed E-state index contributed by atoms with van der Waals surface area (Å²) in [5.41, 5.74) is 2.88. The molecule has 208 valence electrons. The van der Waals surface area contributed by atoms with Gasteiger partial charge in [-0.3, -0.25) is 19.2 Å². The van der Waals surface area contributed by atoms with E-state index < -0.39 is 17.1 Å². The van der Waals surface area contributed by atoms with E-state index >= 15 is 0 Å². The molecule has 1 saturated heterocycles. The number of imide groups is 1. The number of aryl methyl sites for hydroxylation is 1. The van der Waals surface area contributed by atoms with Gasteiger partial charge in [0.05, 0.1) is 23.7 Å². The number of H-pyrrole nitrogens is 1. The van der Waals surface area contributed by atoms with Gasteiger partial charge in [-0.25, -0.2) is 4.90 Å². The van der Waals surface area contributed by atoms with Gasteiger partial charge in [-0.1, -0.05) is 47.4 Å². The molecular formula is C30H25N3O6S2. The first-order valence-electron chi connectivity index (χ1n) is 12.8. The average Bonchev–Trinajstić information content (AvgIpc) is 3.46. The zero-order valence-electron chi connectivity index (χ0n) is 22.1. The number of methoxy groups -OCH3 is 1. The lowest BCUT2D eigenvalue weighted by Crippen LogP contribution is -2.32. The number of benzene rings is 3. The lowest BCUT2D eigenvalue weighted by Gasteiger charge is -2.30. The monoisotopic (exact) mass is 587 g/mol. The van der Waals surface area contributed by atoms with E-state index in [1.165, 1.54) is 16.7 Å². The molecule has 3 heterocycles. The molecule has 0 aliphatic carbocycles. The number of fused-ring (bicyclic) bond motifs is 2. The number of amides is 3. The number of anilines is 2. The Morgan fingerprint density at radius 3 is 2.51 bits per heavy atom. The second kappa shape index (κ2) is 10.9. The van der Waals surface area contributed by atoms with Crippen molar-refractivity contribution in [1.29, 1.82) is 0 Å². The second-order valence-electron chi connectivity index (χ2n) is 9.74. The quantitative estimate of drug-likeness (QED) is 0.304. The summed E-state index contributed by atoms with van der Waals surface area (Å²) in [5, 5.41) is 2.70. The van der Waals surface area contributed by atoms with E-state index in [0.717, 1.165) is 16.9 Å². The average molecular weight is 588 g/mol. The smallest absolute Gasteiger partial charge is 0.305 e. The molecule has 0 saturated carbocycles. The molecule has 0 radical (unpaired) electrons. The summed E-state index contributed by atoms with van der Waals surface area (Å²) in [6.45, 7) is 1.73. The SMILES string of the molecule is COc1ccc(N2C(=O)[C@H]3[C@H](c4cccc(OCC(=O)Nc5cccc(C)c5)c4)c4sc(=O)[nH]c4S[C@H]3C2=O)cc1. The fourth-order valence-electron chi connectivity index (χ4n) is 5.23. The molecule has 6 rings (SSSR count). The number of carbonyl (C=O) groups is 3. The van der Waals surface area contributed by atoms with Gasteiger partial charge in [-0.15, -0.1) is 0 Å². The van der Waals surface area contributed by atoms with Crippen molar-refractivity contribution in [1.82, 2.24) is 4.98 Å². The van der Waals surface area contributed by atoms with Crippen LogP contribution in [0, 0.1) is 12.8 Å². The van der Waals surface area contributed by atoms with Crippen molar-refractivity contribution in [2.75, 3.05) is 23.9 Å². The number of hydrogen-bond donors (Lipinski definition) is 2. The maximum absolute atomic E-state index is 13.9. The Morgan fingerprint density at radius 2 is 1.76 bits per heavy atom. The van der Waals surface area contributed by atoms with E-state index in [4.69, 9.17) is 9.47 Å². The van der Waals surface area contributed by atoms with Gasteiger partial charge in [0.2, 0.25) is 11.8 Å². The number of ether oxygens (including phenoxy) is 2. The first-order valence-corrected chi connectivity index (χ1v) is 14.5. The molecule has 1 aromatic heterocycles. The summed E-state index contributed by atoms with van der Waals surface area (Å²) in [6, 6.07) is 21.3. The Bertz CT molecular complexity index is 1710. The Hall–Kier alpha value is -4.35. The Balaban J connectivity index is 1.28. The Kier molecular flexibility index (Phi) is 7.14. The Morgan fingerprint density at radius 1 is 0.976 bits per heavy atom. The molecule has 11 heteroatoms. The predicted molar refractivity (Wildman–Crippen MR) is 157 cm³/mol. The van der Waals surface area contributed by atoms with E-state index in [2.05, 4.69) is 10.3 Å². The summed E-state index contributed by atoms with van der Waals surface area (Å²) in [7, 11) is 1.55. The molecule has 0 spiro atoms. The van der Waals surface area contributed by atoms with Crippen LogP contribution in [-0.2, 0) is 14.4 Å². The van der Waals surface area contributed by atoms with Crippen LogP contribution >= 0.6 is 23.1 Å². The molecule has 4 aromatic rings. The molecule has 3 amide bonds. The van der Waals surface area contributed by atoms with Gasteiger partial charge in [0.25, 0.3) is 5.91 Å². The number of hydrogen-bond acceptors (Lipinski definition) is 8. The highest BCUT2D eigenvalue weighted by molar-refractivity contribution is 8.00. The molecule has 3 aromatic carbocycles. The number of thioether (sulfide) groups is 1. The molecule has 41 heavy (non-hydrogen) atoms. The largest absolute Gasteiger partial charge is 0.497 e. The van der Waals surface area contributed by atoms with Gasteiger partial charge in [-0.05, 0) is 66.6 Å². The summed E-state index contributed by atoms with van der Waals surface area (Å²) < 4.78 is 11.0. The first kappa shape index (κ1) is 26.9. The second-order valence-corrected chi connectivity index (χ2v) is 11.9. The highest BCUT2D eigenvalue weighted by atomic mass is 32.2. The Labute approximate surface area is 243 Å². The van der Waals surface area contributed by atoms with Gasteiger partial charge < -0.3 is 19.8 Å². The van der Waals surface area contributed by atoms with Crippen LogP contribution in [0.3, 0.4) is 0 Å². The van der Waals surface area contributed by atoms with E-state index in [1.807, 2.05) is 31.2 Å². The van der Waals surface area contributed by atoms with Crippen molar-refractivity contribution in [3.63, 3.8) is 0 Å². The third kappa shape index (κ3) is 5.14. The van der Waals surface area contributed by atoms with Crippen molar-refractivity contribution in [2.45, 2.75) is 23.1 Å². The molecule has 9 nitrogen and oxygen atoms in total. The van der Waals surface area contributed by atoms with Crippen molar-refractivity contribution < 1.29 is 23.9 Å². The van der Waals surface area contributed by atoms with E-state index in [9.17, 15) is 19.2 Å². The third-order valence-electron chi connectivity index (χ3n) is 7.04. The maximum Gasteiger partial charge on any atom is 0.305 e. The van der Waals surface area contributed by atoms with Crippen LogP contribution in [0.5, 0.6) is 11.5 Å². The third-order valence-corrected chi connectivity index (χ3v) is 9.44. The molecule has 1 fully saturated rings. The van der Waals surface area contributed by atoms with Crippen molar-refractivity contribution in [3.8, 4) is 11.5 Å². The number of rotatable bonds is 7. The minimum absolute atomic E-state index is 0.213. The summed E-state index contributed by atoms with van der Waals surface area (Å²) in [4.78, 5) is 56.9. The zero-order valence-corrected chi connectivity index (χ0v) is 23.7. The van der Waals surface area contributed by atoms with Gasteiger partial charge >= 0.3 is 4.87 Å². The van der Waals surface area contributed by atoms with E-state index in [1.54, 1.807) is 55.6 Å². The van der Waals surface area contributed by atoms with Gasteiger partial charge in [-0.2, -0.15) is 0 Å². The van der Waals surface area contributed by atoms with Crippen LogP contribution in [0.25, 0.3) is 0 Å². The molecule has 2 N–H and O–H groups in total. The zero-order chi connectivity index (χ0) is 28.7. The number of thiazole rings is 1. The molecule has 0 bridgehead atoms. The molecule has 0 unspecified atom stereocenters. The van der Waals surface area contributed by atoms with Crippen LogP contribution in [-0.4, -0.2) is 41.7 Å². The normalized spacial score (nSPS) is 19.5. The van der Waals surface area contributed by atoms with Gasteiger partial charge in [0.15, 0.2) is 6.61 Å². The van der Waals surface area contributed by atoms with Crippen LogP contribution in [0.1, 0.15) is 21.9 Å². The van der Waals surface area contributed by atoms with E-state index in [0.29, 0.717) is 38.3 Å². The van der Waals surface area contributed by atoms with Crippen LogP contribution < -0.4 is 24.6 Å². The topological polar surface area (TPSA) is 118 Å². The van der Waals surface area contributed by atoms with Gasteiger partial charge in [0, 0.05) is 16.5 Å². The minimum Gasteiger partial charge on any atom is -0.497 e. The van der Waals surface area contributed by atoms with Crippen molar-refractivity contribution in [2.24, 2.45) is 5.92 Å². The minimum atomic E-state index is -0.728. The first-order chi connectivity index (χ1) is 19.8. The number of nitrogens with one attached hydrogen (secondary N) is 2. The van der Waals surface area contributed by atoms with Crippen LogP contribution in [0.4, 0.5) is 11.4 Å². The summed E-state index contributed by atoms with van der Waals surface area (Å²) >= 11 is 2.26. The lowest BCUT2D eigenvalue weighted by atomic mass is 9.83. The van der Waals surface area contributed by atoms with E-state index in [-0.39, 0.29) is 29.2 Å². The van der Waals surface area contributed by atoms with Gasteiger partial charge in [0.1, 0.15) is 16.7 Å². The number of aromatic amines is 1. The summed E-state index contributed by atoms with van der Waals surface area (Å²) in [5.74, 6) is -1.21. The molecule has 2 aliphatic rings. The standard InChI is InChI=1S/C30H25N3O6S2/c1-16-5-3-7-18(13-16)31-22(34)15-39-21-8-4-6-17(14-21)23-24-26(40-27-25(23)41-30(37)32-27)29(36)33(28(24)35)19-9-11-20(38-2)12-10-19/h3-14,23-24,26H,15H2,1-2H3,(H,31,34)(H,32,37)/t23-,24-,26+/m0/s1. The number of carbonyl (C=O) groups excluding carboxylic acids is 3. The number of aromatic nitrogens is 1. The summed E-state index contributed by atoms with van der Waals surface area (Å²) in [6.07, 6.45) is 0. The fourth-order valence-corrected chi connectivity index (χ4v) is 7.74.